The molecule has 0 N–H and O–H groups in total. The van der Waals surface area contributed by atoms with Crippen LogP contribution in [-0.2, 0) is 4.79 Å². The summed E-state index contributed by atoms with van der Waals surface area (Å²) in [7, 11) is 0. The molecule has 0 radical (unpaired) electrons. The number of carboxylic acids is 1. The molecule has 1 unspecified atom stereocenters. The third-order valence-corrected chi connectivity index (χ3v) is 1.89. The van der Waals surface area contributed by atoms with Crippen molar-refractivity contribution < 1.29 is 39.5 Å². The van der Waals surface area contributed by atoms with Crippen LogP contribution in [0.5, 0.6) is 0 Å². The predicted octanol–water partition coefficient (Wildman–Crippen LogP) is -3.07. The van der Waals surface area contributed by atoms with E-state index in [1.165, 1.54) is 11.8 Å². The Bertz CT molecular complexity index is 177. The van der Waals surface area contributed by atoms with Crippen LogP contribution in [0.25, 0.3) is 0 Å². The van der Waals surface area contributed by atoms with Crippen LogP contribution in [0, 0.1) is 0 Å². The van der Waals surface area contributed by atoms with Crippen molar-refractivity contribution in [2.75, 3.05) is 0 Å². The molecular weight excluding hydrogens is 159 g/mol. The van der Waals surface area contributed by atoms with Crippen molar-refractivity contribution in [2.45, 2.75) is 5.25 Å². The van der Waals surface area contributed by atoms with Crippen LogP contribution in [0.3, 0.4) is 0 Å². The second kappa shape index (κ2) is 5.02. The molecule has 0 spiro atoms. The molecule has 0 aliphatic carbocycles. The third-order valence-electron chi connectivity index (χ3n) is 0.933. The molecule has 1 aliphatic rings. The fourth-order valence-corrected chi connectivity index (χ4v) is 1.16. The van der Waals surface area contributed by atoms with Crippen molar-refractivity contribution in [2.24, 2.45) is 0 Å². The summed E-state index contributed by atoms with van der Waals surface area (Å²) in [5, 5.41) is 11.4. The standard InChI is InChI=1S/C6H6O2S.Na/c7-6(8)5-3-1-2-4-9-5;/h1-5H,(H,7,8);/q;+1/p-1. The van der Waals surface area contributed by atoms with E-state index in [1.807, 2.05) is 0 Å². The van der Waals surface area contributed by atoms with Gasteiger partial charge in [0.15, 0.2) is 0 Å². The molecule has 0 fully saturated rings. The summed E-state index contributed by atoms with van der Waals surface area (Å²) >= 11 is 1.24. The number of aliphatic carboxylic acids is 1. The van der Waals surface area contributed by atoms with Crippen LogP contribution in [0.4, 0.5) is 0 Å². The third kappa shape index (κ3) is 2.92. The maximum Gasteiger partial charge on any atom is 1.00 e. The number of carbonyl (C=O) groups excluding carboxylic acids is 1. The Balaban J connectivity index is 0.000000810. The Morgan fingerprint density at radius 2 is 2.20 bits per heavy atom. The Morgan fingerprint density at radius 3 is 2.50 bits per heavy atom. The van der Waals surface area contributed by atoms with E-state index >= 15 is 0 Å². The molecule has 0 amide bonds. The molecule has 2 nitrogen and oxygen atoms in total. The van der Waals surface area contributed by atoms with Crippen molar-refractivity contribution in [3.05, 3.63) is 23.6 Å². The molecule has 1 heterocycles. The summed E-state index contributed by atoms with van der Waals surface area (Å²) in [5.74, 6) is -1.03. The molecule has 4 heteroatoms. The van der Waals surface area contributed by atoms with Crippen LogP contribution in [0.1, 0.15) is 0 Å². The normalized spacial score (nSPS) is 21.8. The molecule has 1 aliphatic heterocycles. The first-order valence-corrected chi connectivity index (χ1v) is 3.44. The first kappa shape index (κ1) is 10.3. The van der Waals surface area contributed by atoms with Gasteiger partial charge in [0, 0.05) is 0 Å². The first-order valence-electron chi connectivity index (χ1n) is 2.50. The Morgan fingerprint density at radius 1 is 1.50 bits per heavy atom. The Hall–Kier alpha value is 0.300. The van der Waals surface area contributed by atoms with Gasteiger partial charge in [0.2, 0.25) is 0 Å². The number of hydrogen-bond acceptors (Lipinski definition) is 3. The molecule has 0 saturated heterocycles. The van der Waals surface area contributed by atoms with E-state index in [0.29, 0.717) is 0 Å². The quantitative estimate of drug-likeness (QED) is 0.386. The molecule has 0 saturated carbocycles. The number of hydrogen-bond donors (Lipinski definition) is 0. The molecule has 10 heavy (non-hydrogen) atoms. The zero-order valence-corrected chi connectivity index (χ0v) is 8.43. The monoisotopic (exact) mass is 164 g/mol. The van der Waals surface area contributed by atoms with Crippen molar-refractivity contribution in [1.82, 2.24) is 0 Å². The molecule has 0 aromatic rings. The van der Waals surface area contributed by atoms with Gasteiger partial charge in [-0.25, -0.2) is 0 Å². The van der Waals surface area contributed by atoms with Crippen molar-refractivity contribution in [3.63, 3.8) is 0 Å². The summed E-state index contributed by atoms with van der Waals surface area (Å²) in [4.78, 5) is 10.1. The molecule has 0 aromatic heterocycles. The summed E-state index contributed by atoms with van der Waals surface area (Å²) in [5.41, 5.74) is 0. The number of rotatable bonds is 1. The van der Waals surface area contributed by atoms with Crippen LogP contribution in [0.15, 0.2) is 23.6 Å². The molecule has 1 rings (SSSR count). The van der Waals surface area contributed by atoms with E-state index in [1.54, 1.807) is 23.6 Å². The minimum atomic E-state index is -1.03. The zero-order valence-electron chi connectivity index (χ0n) is 5.61. The van der Waals surface area contributed by atoms with Gasteiger partial charge in [0.25, 0.3) is 0 Å². The van der Waals surface area contributed by atoms with Crippen LogP contribution < -0.4 is 34.7 Å². The minimum Gasteiger partial charge on any atom is -0.549 e. The Kier molecular flexibility index (Phi) is 5.17. The minimum absolute atomic E-state index is 0. The van der Waals surface area contributed by atoms with E-state index in [4.69, 9.17) is 0 Å². The molecule has 1 atom stereocenters. The maximum absolute atomic E-state index is 10.1. The smallest absolute Gasteiger partial charge is 0.549 e. The van der Waals surface area contributed by atoms with Crippen molar-refractivity contribution in [1.29, 1.82) is 0 Å². The summed E-state index contributed by atoms with van der Waals surface area (Å²) < 4.78 is 0. The number of carboxylic acid groups (broad SMARTS) is 1. The van der Waals surface area contributed by atoms with Gasteiger partial charge < -0.3 is 9.90 Å². The van der Waals surface area contributed by atoms with Gasteiger partial charge in [0.05, 0.1) is 11.2 Å². The summed E-state index contributed by atoms with van der Waals surface area (Å²) in [6.07, 6.45) is 5.10. The van der Waals surface area contributed by atoms with Crippen molar-refractivity contribution >= 4 is 17.7 Å². The molecule has 48 valence electrons. The van der Waals surface area contributed by atoms with Crippen LogP contribution in [-0.4, -0.2) is 11.2 Å². The van der Waals surface area contributed by atoms with E-state index < -0.39 is 11.2 Å². The first-order chi connectivity index (χ1) is 4.30. The molecular formula is C6H5NaO2S. The number of allylic oxidation sites excluding steroid dienone is 2. The van der Waals surface area contributed by atoms with Gasteiger partial charge in [-0.2, -0.15) is 0 Å². The van der Waals surface area contributed by atoms with Crippen LogP contribution in [0.2, 0.25) is 0 Å². The van der Waals surface area contributed by atoms with Crippen LogP contribution >= 0.6 is 11.8 Å². The predicted molar refractivity (Wildman–Crippen MR) is 34.7 cm³/mol. The summed E-state index contributed by atoms with van der Waals surface area (Å²) in [6.45, 7) is 0. The molecule has 0 aromatic carbocycles. The second-order valence-corrected chi connectivity index (χ2v) is 2.64. The number of carbonyl (C=O) groups is 1. The topological polar surface area (TPSA) is 40.1 Å². The van der Waals surface area contributed by atoms with Gasteiger partial charge in [-0.05, 0) is 5.41 Å². The van der Waals surface area contributed by atoms with Crippen molar-refractivity contribution in [3.8, 4) is 0 Å². The van der Waals surface area contributed by atoms with E-state index in [0.717, 1.165) is 0 Å². The van der Waals surface area contributed by atoms with E-state index in [9.17, 15) is 9.90 Å². The van der Waals surface area contributed by atoms with E-state index in [-0.39, 0.29) is 29.6 Å². The average Bonchev–Trinajstić information content (AvgIpc) is 1.90. The second-order valence-electron chi connectivity index (χ2n) is 1.59. The van der Waals surface area contributed by atoms with Gasteiger partial charge in [0.1, 0.15) is 0 Å². The van der Waals surface area contributed by atoms with Gasteiger partial charge in [-0.3, -0.25) is 0 Å². The maximum atomic E-state index is 10.1. The largest absolute Gasteiger partial charge is 1.00 e. The summed E-state index contributed by atoms with van der Waals surface area (Å²) in [6, 6.07) is 0. The fraction of sp³-hybridized carbons (Fsp3) is 0.167. The van der Waals surface area contributed by atoms with Gasteiger partial charge in [-0.15, -0.1) is 11.8 Å². The number of thioether (sulfide) groups is 1. The van der Waals surface area contributed by atoms with Gasteiger partial charge in [-0.1, -0.05) is 18.2 Å². The molecule has 0 bridgehead atoms. The van der Waals surface area contributed by atoms with E-state index in [2.05, 4.69) is 0 Å². The average molecular weight is 164 g/mol. The Labute approximate surface area is 85.7 Å². The van der Waals surface area contributed by atoms with Gasteiger partial charge >= 0.3 is 29.6 Å². The fourth-order valence-electron chi connectivity index (χ4n) is 0.520. The zero-order chi connectivity index (χ0) is 6.69. The SMILES string of the molecule is O=C([O-])C1C=CC=CS1.[Na+].